The van der Waals surface area contributed by atoms with E-state index in [4.69, 9.17) is 4.74 Å². The van der Waals surface area contributed by atoms with E-state index in [1.54, 1.807) is 19.2 Å². The fourth-order valence-electron chi connectivity index (χ4n) is 2.52. The Bertz CT molecular complexity index is 887. The van der Waals surface area contributed by atoms with E-state index in [2.05, 4.69) is 10.3 Å². The lowest BCUT2D eigenvalue weighted by Gasteiger charge is -2.26. The Hall–Kier alpha value is -1.81. The lowest BCUT2D eigenvalue weighted by atomic mass is 10.1. The molecule has 0 bridgehead atoms. The van der Waals surface area contributed by atoms with Crippen LogP contribution in [0, 0.1) is 13.8 Å². The molecule has 25 heavy (non-hydrogen) atoms. The van der Waals surface area contributed by atoms with E-state index in [-0.39, 0.29) is 10.8 Å². The second kappa shape index (κ2) is 7.20. The lowest BCUT2D eigenvalue weighted by molar-refractivity contribution is 0.0730. The van der Waals surface area contributed by atoms with Crippen molar-refractivity contribution in [2.75, 3.05) is 31.6 Å². The van der Waals surface area contributed by atoms with Crippen molar-refractivity contribution in [1.29, 1.82) is 0 Å². The van der Waals surface area contributed by atoms with E-state index < -0.39 is 10.0 Å². The quantitative estimate of drug-likeness (QED) is 0.875. The third-order valence-corrected chi connectivity index (χ3v) is 6.63. The second-order valence-corrected chi connectivity index (χ2v) is 8.90. The van der Waals surface area contributed by atoms with Gasteiger partial charge in [0, 0.05) is 29.7 Å². The maximum atomic E-state index is 12.8. The predicted molar refractivity (Wildman–Crippen MR) is 95.6 cm³/mol. The molecule has 9 heteroatoms. The van der Waals surface area contributed by atoms with E-state index in [9.17, 15) is 13.2 Å². The number of anilines is 1. The standard InChI is InChI=1S/C16H19N3O4S2/c1-11-3-4-13(25(21,22)19-5-7-23-8-6-19)9-14(11)15(20)18-16-17-10-12(2)24-16/h3-4,9-10H,5-8H2,1-2H3,(H,17,18,20). The molecule has 1 aliphatic rings. The third kappa shape index (κ3) is 3.90. The number of amides is 1. The van der Waals surface area contributed by atoms with E-state index in [0.29, 0.717) is 42.6 Å². The van der Waals surface area contributed by atoms with Gasteiger partial charge in [-0.1, -0.05) is 6.07 Å². The smallest absolute Gasteiger partial charge is 0.257 e. The normalized spacial score (nSPS) is 15.9. The molecule has 0 saturated carbocycles. The van der Waals surface area contributed by atoms with Crippen molar-refractivity contribution in [3.05, 3.63) is 40.4 Å². The largest absolute Gasteiger partial charge is 0.379 e. The molecule has 2 aromatic rings. The van der Waals surface area contributed by atoms with E-state index in [0.717, 1.165) is 4.88 Å². The van der Waals surface area contributed by atoms with Gasteiger partial charge >= 0.3 is 0 Å². The first-order valence-corrected chi connectivity index (χ1v) is 10.1. The van der Waals surface area contributed by atoms with Crippen molar-refractivity contribution < 1.29 is 17.9 Å². The number of aromatic nitrogens is 1. The summed E-state index contributed by atoms with van der Waals surface area (Å²) < 4.78 is 32.1. The number of sulfonamides is 1. The van der Waals surface area contributed by atoms with Crippen molar-refractivity contribution in [2.24, 2.45) is 0 Å². The van der Waals surface area contributed by atoms with Gasteiger partial charge in [-0.05, 0) is 31.5 Å². The fraction of sp³-hybridized carbons (Fsp3) is 0.375. The van der Waals surface area contributed by atoms with Crippen molar-refractivity contribution in [2.45, 2.75) is 18.7 Å². The van der Waals surface area contributed by atoms with Crippen LogP contribution in [-0.4, -0.2) is 49.9 Å². The van der Waals surface area contributed by atoms with Gasteiger partial charge in [-0.3, -0.25) is 10.1 Å². The van der Waals surface area contributed by atoms with Gasteiger partial charge in [0.25, 0.3) is 5.91 Å². The minimum atomic E-state index is -3.64. The summed E-state index contributed by atoms with van der Waals surface area (Å²) in [5.74, 6) is -0.370. The van der Waals surface area contributed by atoms with Crippen LogP contribution in [0.2, 0.25) is 0 Å². The van der Waals surface area contributed by atoms with Gasteiger partial charge in [0.2, 0.25) is 10.0 Å². The number of morpholine rings is 1. The molecular formula is C16H19N3O4S2. The Morgan fingerprint density at radius 1 is 1.28 bits per heavy atom. The molecule has 1 saturated heterocycles. The zero-order valence-corrected chi connectivity index (χ0v) is 15.6. The Labute approximate surface area is 150 Å². The summed E-state index contributed by atoms with van der Waals surface area (Å²) in [6, 6.07) is 4.61. The molecule has 0 radical (unpaired) electrons. The van der Waals surface area contributed by atoms with Crippen LogP contribution in [0.25, 0.3) is 0 Å². The highest BCUT2D eigenvalue weighted by Crippen LogP contribution is 2.22. The molecule has 134 valence electrons. The molecule has 1 aromatic carbocycles. The first kappa shape index (κ1) is 18.0. The molecule has 1 N–H and O–H groups in total. The number of hydrogen-bond acceptors (Lipinski definition) is 6. The summed E-state index contributed by atoms with van der Waals surface area (Å²) >= 11 is 1.37. The monoisotopic (exact) mass is 381 g/mol. The Morgan fingerprint density at radius 2 is 2.00 bits per heavy atom. The number of benzene rings is 1. The summed E-state index contributed by atoms with van der Waals surface area (Å²) in [7, 11) is -3.64. The average Bonchev–Trinajstić information content (AvgIpc) is 3.00. The SMILES string of the molecule is Cc1cnc(NC(=O)c2cc(S(=O)(=O)N3CCOCC3)ccc2C)s1. The zero-order valence-electron chi connectivity index (χ0n) is 14.0. The Kier molecular flexibility index (Phi) is 5.19. The molecule has 1 aliphatic heterocycles. The number of nitrogens with one attached hydrogen (secondary N) is 1. The first-order valence-electron chi connectivity index (χ1n) is 7.80. The molecule has 1 amide bonds. The summed E-state index contributed by atoms with van der Waals surface area (Å²) in [6.45, 7) is 5.05. The fourth-order valence-corrected chi connectivity index (χ4v) is 4.61. The van der Waals surface area contributed by atoms with E-state index >= 15 is 0 Å². The minimum absolute atomic E-state index is 0.112. The topological polar surface area (TPSA) is 88.6 Å². The van der Waals surface area contributed by atoms with Gasteiger partial charge in [-0.15, -0.1) is 11.3 Å². The summed E-state index contributed by atoms with van der Waals surface area (Å²) in [6.07, 6.45) is 1.67. The number of aryl methyl sites for hydroxylation is 2. The number of ether oxygens (including phenoxy) is 1. The average molecular weight is 381 g/mol. The van der Waals surface area contributed by atoms with Gasteiger partial charge < -0.3 is 4.74 Å². The lowest BCUT2D eigenvalue weighted by Crippen LogP contribution is -2.40. The van der Waals surface area contributed by atoms with E-state index in [1.165, 1.54) is 27.8 Å². The number of carbonyl (C=O) groups is 1. The molecule has 7 nitrogen and oxygen atoms in total. The van der Waals surface area contributed by atoms with Crippen molar-refractivity contribution in [3.63, 3.8) is 0 Å². The van der Waals surface area contributed by atoms with Crippen LogP contribution in [0.3, 0.4) is 0 Å². The summed E-state index contributed by atoms with van der Waals surface area (Å²) in [4.78, 5) is 17.7. The van der Waals surface area contributed by atoms with Crippen LogP contribution in [0.5, 0.6) is 0 Å². The zero-order chi connectivity index (χ0) is 18.0. The molecule has 0 spiro atoms. The molecule has 2 heterocycles. The van der Waals surface area contributed by atoms with Gasteiger partial charge in [0.1, 0.15) is 0 Å². The second-order valence-electron chi connectivity index (χ2n) is 5.72. The number of thiazole rings is 1. The van der Waals surface area contributed by atoms with Crippen LogP contribution in [0.1, 0.15) is 20.8 Å². The molecule has 0 aliphatic carbocycles. The maximum Gasteiger partial charge on any atom is 0.257 e. The van der Waals surface area contributed by atoms with Crippen molar-refractivity contribution in [1.82, 2.24) is 9.29 Å². The van der Waals surface area contributed by atoms with Crippen LogP contribution in [-0.2, 0) is 14.8 Å². The van der Waals surface area contributed by atoms with Crippen LogP contribution < -0.4 is 5.32 Å². The Balaban J connectivity index is 1.88. The summed E-state index contributed by atoms with van der Waals surface area (Å²) in [5, 5.41) is 3.21. The van der Waals surface area contributed by atoms with E-state index in [1.807, 2.05) is 6.92 Å². The summed E-state index contributed by atoms with van der Waals surface area (Å²) in [5.41, 5.74) is 1.02. The molecule has 1 fully saturated rings. The van der Waals surface area contributed by atoms with Crippen LogP contribution in [0.4, 0.5) is 5.13 Å². The first-order chi connectivity index (χ1) is 11.9. The maximum absolute atomic E-state index is 12.8. The molecule has 3 rings (SSSR count). The van der Waals surface area contributed by atoms with Gasteiger partial charge in [-0.2, -0.15) is 4.31 Å². The number of hydrogen-bond donors (Lipinski definition) is 1. The highest BCUT2D eigenvalue weighted by molar-refractivity contribution is 7.89. The van der Waals surface area contributed by atoms with Crippen LogP contribution >= 0.6 is 11.3 Å². The van der Waals surface area contributed by atoms with Crippen molar-refractivity contribution >= 4 is 32.4 Å². The van der Waals surface area contributed by atoms with Crippen LogP contribution in [0.15, 0.2) is 29.3 Å². The highest BCUT2D eigenvalue weighted by atomic mass is 32.2. The molecule has 1 aromatic heterocycles. The highest BCUT2D eigenvalue weighted by Gasteiger charge is 2.27. The Morgan fingerprint density at radius 3 is 2.64 bits per heavy atom. The van der Waals surface area contributed by atoms with Gasteiger partial charge in [0.05, 0.1) is 18.1 Å². The molecular weight excluding hydrogens is 362 g/mol. The minimum Gasteiger partial charge on any atom is -0.379 e. The third-order valence-electron chi connectivity index (χ3n) is 3.90. The van der Waals surface area contributed by atoms with Crippen molar-refractivity contribution in [3.8, 4) is 0 Å². The number of nitrogens with zero attached hydrogens (tertiary/aromatic N) is 2. The van der Waals surface area contributed by atoms with Gasteiger partial charge in [-0.25, -0.2) is 13.4 Å². The molecule has 0 unspecified atom stereocenters. The van der Waals surface area contributed by atoms with Gasteiger partial charge in [0.15, 0.2) is 5.13 Å². The predicted octanol–water partition coefficient (Wildman–Crippen LogP) is 2.03. The number of carbonyl (C=O) groups excluding carboxylic acids is 1. The number of rotatable bonds is 4. The molecule has 0 atom stereocenters.